The molecule has 9 aromatic carbocycles. The number of benzene rings is 9. The van der Waals surface area contributed by atoms with Gasteiger partial charge in [0, 0.05) is 77.3 Å². The van der Waals surface area contributed by atoms with Gasteiger partial charge in [-0.2, -0.15) is 0 Å². The van der Waals surface area contributed by atoms with Crippen LogP contribution in [0.25, 0.3) is 99.6 Å². The van der Waals surface area contributed by atoms with Gasteiger partial charge >= 0.3 is 0 Å². The van der Waals surface area contributed by atoms with Crippen LogP contribution < -0.4 is 5.32 Å². The van der Waals surface area contributed by atoms with Crippen molar-refractivity contribution in [1.29, 1.82) is 0 Å². The molecule has 0 bridgehead atoms. The van der Waals surface area contributed by atoms with Gasteiger partial charge < -0.3 is 5.32 Å². The summed E-state index contributed by atoms with van der Waals surface area (Å²) in [4.78, 5) is 5.64. The Balaban J connectivity index is 1.06. The first-order valence-corrected chi connectivity index (χ1v) is 23.7. The number of hydrogen-bond donors (Lipinski definition) is 1. The average molecular weight is 857 g/mol. The summed E-state index contributed by atoms with van der Waals surface area (Å²) in [7, 11) is 0. The molecule has 63 heavy (non-hydrogen) atoms. The van der Waals surface area contributed by atoms with Crippen LogP contribution in [0.4, 0.5) is 0 Å². The number of rotatable bonds is 6. The van der Waals surface area contributed by atoms with Crippen molar-refractivity contribution in [3.63, 3.8) is 0 Å². The maximum atomic E-state index is 5.64. The van der Waals surface area contributed by atoms with Gasteiger partial charge in [0.1, 0.15) is 6.17 Å². The Labute approximate surface area is 376 Å². The van der Waals surface area contributed by atoms with Crippen LogP contribution in [0.2, 0.25) is 0 Å². The molecule has 0 aliphatic carbocycles. The van der Waals surface area contributed by atoms with Crippen LogP contribution in [-0.2, 0) is 0 Å². The summed E-state index contributed by atoms with van der Waals surface area (Å²) < 4.78 is 7.76. The van der Waals surface area contributed by atoms with E-state index in [-0.39, 0.29) is 6.17 Å². The predicted octanol–water partition coefficient (Wildman–Crippen LogP) is 16.9. The van der Waals surface area contributed by atoms with Crippen LogP contribution >= 0.6 is 34.0 Å². The number of fused-ring (bicyclic) bond motifs is 9. The van der Waals surface area contributed by atoms with Gasteiger partial charge in [0.25, 0.3) is 0 Å². The Morgan fingerprint density at radius 2 is 0.778 bits per heavy atom. The molecule has 1 atom stereocenters. The molecular weight excluding hydrogens is 821 g/mol. The summed E-state index contributed by atoms with van der Waals surface area (Å²) in [5.74, 6) is 0. The lowest BCUT2D eigenvalue weighted by Gasteiger charge is -2.27. The summed E-state index contributed by atoms with van der Waals surface area (Å²) in [6.07, 6.45) is 1.95. The largest absolute Gasteiger partial charge is 0.359 e. The van der Waals surface area contributed by atoms with Crippen molar-refractivity contribution in [2.24, 2.45) is 4.99 Å². The molecule has 1 N–H and O–H groups in total. The zero-order valence-corrected chi connectivity index (χ0v) is 36.3. The van der Waals surface area contributed by atoms with Crippen LogP contribution in [0.5, 0.6) is 0 Å². The molecular formula is C58H36N2S3. The highest BCUT2D eigenvalue weighted by molar-refractivity contribution is 7.27. The monoisotopic (exact) mass is 856 g/mol. The first-order chi connectivity index (χ1) is 31.2. The molecule has 0 radical (unpaired) electrons. The third-order valence-electron chi connectivity index (χ3n) is 12.5. The van der Waals surface area contributed by atoms with Crippen LogP contribution in [-0.4, -0.2) is 5.71 Å². The van der Waals surface area contributed by atoms with Gasteiger partial charge in [-0.1, -0.05) is 164 Å². The van der Waals surface area contributed by atoms with Gasteiger partial charge in [-0.3, -0.25) is 4.99 Å². The maximum absolute atomic E-state index is 5.64. The van der Waals surface area contributed by atoms with E-state index in [4.69, 9.17) is 4.99 Å². The van der Waals surface area contributed by atoms with Gasteiger partial charge in [-0.25, -0.2) is 0 Å². The number of thiophene rings is 3. The Morgan fingerprint density at radius 1 is 0.349 bits per heavy atom. The SMILES string of the molecule is C1=C(c2cc(-c3cccc4c3sc3ccccc34)cc(-c3cccc4c3sc3ccccc34)c2)NC(c2ccccc2-c2ccccc2)N=C1c1cccc2c1sc1ccccc12. The van der Waals surface area contributed by atoms with E-state index < -0.39 is 0 Å². The Kier molecular flexibility index (Phi) is 8.54. The van der Waals surface area contributed by atoms with Crippen molar-refractivity contribution >= 4 is 106 Å². The van der Waals surface area contributed by atoms with Crippen molar-refractivity contribution in [3.05, 3.63) is 223 Å². The zero-order chi connectivity index (χ0) is 41.4. The van der Waals surface area contributed by atoms with Crippen LogP contribution in [0.15, 0.2) is 211 Å². The molecule has 0 saturated carbocycles. The molecule has 13 rings (SSSR count). The Bertz CT molecular complexity index is 3710. The number of nitrogens with one attached hydrogen (secondary N) is 1. The smallest absolute Gasteiger partial charge is 0.146 e. The molecule has 12 aromatic rings. The molecule has 0 saturated heterocycles. The van der Waals surface area contributed by atoms with Crippen molar-refractivity contribution in [3.8, 4) is 33.4 Å². The van der Waals surface area contributed by atoms with E-state index >= 15 is 0 Å². The molecule has 1 aliphatic rings. The van der Waals surface area contributed by atoms with E-state index in [9.17, 15) is 0 Å². The van der Waals surface area contributed by atoms with E-state index in [0.29, 0.717) is 0 Å². The third kappa shape index (κ3) is 6.07. The molecule has 4 heterocycles. The lowest BCUT2D eigenvalue weighted by molar-refractivity contribution is 0.666. The predicted molar refractivity (Wildman–Crippen MR) is 275 cm³/mol. The molecule has 5 heteroatoms. The summed E-state index contributed by atoms with van der Waals surface area (Å²) in [5.41, 5.74) is 12.6. The summed E-state index contributed by atoms with van der Waals surface area (Å²) in [6, 6.07) is 73.3. The minimum atomic E-state index is -0.342. The molecule has 2 nitrogen and oxygen atoms in total. The van der Waals surface area contributed by atoms with Crippen molar-refractivity contribution in [2.45, 2.75) is 6.17 Å². The third-order valence-corrected chi connectivity index (χ3v) is 16.2. The van der Waals surface area contributed by atoms with Gasteiger partial charge in [-0.15, -0.1) is 34.0 Å². The summed E-state index contributed by atoms with van der Waals surface area (Å²) in [5, 5.41) is 11.8. The van der Waals surface area contributed by atoms with E-state index in [0.717, 1.165) is 28.1 Å². The number of hydrogen-bond acceptors (Lipinski definition) is 5. The highest BCUT2D eigenvalue weighted by atomic mass is 32.1. The van der Waals surface area contributed by atoms with Crippen molar-refractivity contribution in [2.75, 3.05) is 0 Å². The Morgan fingerprint density at radius 3 is 1.35 bits per heavy atom. The minimum Gasteiger partial charge on any atom is -0.359 e. The zero-order valence-electron chi connectivity index (χ0n) is 33.9. The minimum absolute atomic E-state index is 0.342. The number of nitrogens with zero attached hydrogens (tertiary/aromatic N) is 1. The lowest BCUT2D eigenvalue weighted by Crippen LogP contribution is -2.25. The molecule has 3 aromatic heterocycles. The molecule has 1 unspecified atom stereocenters. The molecule has 1 aliphatic heterocycles. The van der Waals surface area contributed by atoms with E-state index in [1.807, 2.05) is 34.0 Å². The van der Waals surface area contributed by atoms with Gasteiger partial charge in [-0.05, 0) is 81.4 Å². The van der Waals surface area contributed by atoms with Gasteiger partial charge in [0.15, 0.2) is 0 Å². The van der Waals surface area contributed by atoms with Crippen LogP contribution in [0.3, 0.4) is 0 Å². The van der Waals surface area contributed by atoms with Gasteiger partial charge in [0.2, 0.25) is 0 Å². The second kappa shape index (κ2) is 14.7. The van der Waals surface area contributed by atoms with E-state index in [1.54, 1.807) is 0 Å². The lowest BCUT2D eigenvalue weighted by atomic mass is 9.92. The fourth-order valence-electron chi connectivity index (χ4n) is 9.60. The summed E-state index contributed by atoms with van der Waals surface area (Å²) >= 11 is 5.62. The second-order valence-electron chi connectivity index (χ2n) is 16.2. The van der Waals surface area contributed by atoms with E-state index in [2.05, 4.69) is 212 Å². The molecule has 296 valence electrons. The second-order valence-corrected chi connectivity index (χ2v) is 19.4. The quantitative estimate of drug-likeness (QED) is 0.177. The molecule has 0 amide bonds. The maximum Gasteiger partial charge on any atom is 0.146 e. The van der Waals surface area contributed by atoms with Crippen LogP contribution in [0, 0.1) is 0 Å². The fourth-order valence-corrected chi connectivity index (χ4v) is 13.3. The fraction of sp³-hybridized carbons (Fsp3) is 0.0172. The summed E-state index contributed by atoms with van der Waals surface area (Å²) in [6.45, 7) is 0. The van der Waals surface area contributed by atoms with Crippen LogP contribution in [0.1, 0.15) is 22.9 Å². The van der Waals surface area contributed by atoms with Gasteiger partial charge in [0.05, 0.1) is 5.71 Å². The van der Waals surface area contributed by atoms with Crippen molar-refractivity contribution < 1.29 is 0 Å². The Hall–Kier alpha value is -7.15. The van der Waals surface area contributed by atoms with Crippen molar-refractivity contribution in [1.82, 2.24) is 5.32 Å². The normalized spacial score (nSPS) is 14.2. The molecule has 0 fully saturated rings. The highest BCUT2D eigenvalue weighted by Gasteiger charge is 2.25. The standard InChI is InChI=1S/C58H36N2S3/c1-2-15-35(16-3-1)39-17-4-5-21-48(39)58-59-50(34-51(60-58)49-27-14-26-47-44-20-8-11-30-54(44)63-57(47)49)38-32-36(40-22-12-24-45-42-18-6-9-28-52(42)61-55(40)45)31-37(33-38)41-23-13-25-46-43-19-7-10-29-53(43)62-56(41)46/h1-34,58-59H. The number of allylic oxidation sites excluding steroid dienone is 1. The first kappa shape index (κ1) is 36.5. The first-order valence-electron chi connectivity index (χ1n) is 21.3. The highest BCUT2D eigenvalue weighted by Crippen LogP contribution is 2.45. The molecule has 0 spiro atoms. The number of aliphatic imine (C=N–C) groups is 1. The average Bonchev–Trinajstić information content (AvgIpc) is 4.06. The van der Waals surface area contributed by atoms with E-state index in [1.165, 1.54) is 93.9 Å². The topological polar surface area (TPSA) is 24.4 Å².